The van der Waals surface area contributed by atoms with Crippen LogP contribution in [0.1, 0.15) is 12.0 Å². The molecule has 0 spiro atoms. The molecule has 0 atom stereocenters. The molecule has 0 aliphatic heterocycles. The van der Waals surface area contributed by atoms with E-state index in [2.05, 4.69) is 0 Å². The van der Waals surface area contributed by atoms with E-state index in [0.717, 1.165) is 5.56 Å². The summed E-state index contributed by atoms with van der Waals surface area (Å²) in [5.41, 5.74) is 0.940. The minimum atomic E-state index is -0.115. The molecule has 2 N–H and O–H groups in total. The van der Waals surface area contributed by atoms with Crippen LogP contribution in [0.15, 0.2) is 12.1 Å². The zero-order chi connectivity index (χ0) is 13.5. The largest absolute Gasteiger partial charge is 0.496 e. The third kappa shape index (κ3) is 3.77. The lowest BCUT2D eigenvalue weighted by Crippen LogP contribution is -2.12. The summed E-state index contributed by atoms with van der Waals surface area (Å²) in [7, 11) is 3.13. The highest BCUT2D eigenvalue weighted by molar-refractivity contribution is 6.32. The molecule has 0 aliphatic rings. The molecule has 5 heteroatoms. The van der Waals surface area contributed by atoms with Crippen molar-refractivity contribution < 1.29 is 19.7 Å². The molecular formula is C13H19ClO4. The normalized spacial score (nSPS) is 10.8. The Bertz CT molecular complexity index is 377. The number of ether oxygens (including phenoxy) is 2. The van der Waals surface area contributed by atoms with Gasteiger partial charge >= 0.3 is 0 Å². The number of rotatable bonds is 7. The highest BCUT2D eigenvalue weighted by Crippen LogP contribution is 2.33. The molecule has 1 aromatic rings. The van der Waals surface area contributed by atoms with Crippen molar-refractivity contribution in [1.29, 1.82) is 0 Å². The third-order valence-corrected chi connectivity index (χ3v) is 3.19. The van der Waals surface area contributed by atoms with Crippen LogP contribution in [0.2, 0.25) is 5.02 Å². The first-order valence-corrected chi connectivity index (χ1v) is 6.16. The minimum absolute atomic E-state index is 0.0251. The summed E-state index contributed by atoms with van der Waals surface area (Å²) < 4.78 is 10.4. The second-order valence-corrected chi connectivity index (χ2v) is 4.48. The lowest BCUT2D eigenvalue weighted by atomic mass is 10.00. The number of aliphatic hydroxyl groups excluding tert-OH is 2. The Morgan fingerprint density at radius 1 is 1.11 bits per heavy atom. The summed E-state index contributed by atoms with van der Waals surface area (Å²) in [5.74, 6) is 1.15. The molecule has 18 heavy (non-hydrogen) atoms. The monoisotopic (exact) mass is 274 g/mol. The van der Waals surface area contributed by atoms with Gasteiger partial charge in [-0.1, -0.05) is 11.6 Å². The maximum Gasteiger partial charge on any atom is 0.141 e. The maximum atomic E-state index is 9.03. The van der Waals surface area contributed by atoms with Crippen molar-refractivity contribution in [2.24, 2.45) is 5.92 Å². The zero-order valence-electron chi connectivity index (χ0n) is 10.6. The number of halogens is 1. The Morgan fingerprint density at radius 3 is 2.22 bits per heavy atom. The van der Waals surface area contributed by atoms with Gasteiger partial charge < -0.3 is 19.7 Å². The molecule has 4 nitrogen and oxygen atoms in total. The summed E-state index contributed by atoms with van der Waals surface area (Å²) in [4.78, 5) is 0. The Labute approximate surface area is 112 Å². The van der Waals surface area contributed by atoms with Crippen LogP contribution in [0.25, 0.3) is 0 Å². The second-order valence-electron chi connectivity index (χ2n) is 4.07. The summed E-state index contributed by atoms with van der Waals surface area (Å²) in [5, 5.41) is 18.6. The average molecular weight is 275 g/mol. The van der Waals surface area contributed by atoms with Gasteiger partial charge in [-0.25, -0.2) is 0 Å². The molecule has 0 aliphatic carbocycles. The molecule has 102 valence electrons. The number of aryl methyl sites for hydroxylation is 1. The lowest BCUT2D eigenvalue weighted by Gasteiger charge is -2.14. The highest BCUT2D eigenvalue weighted by Gasteiger charge is 2.12. The number of hydrogen-bond donors (Lipinski definition) is 2. The van der Waals surface area contributed by atoms with Crippen LogP contribution in [-0.2, 0) is 6.42 Å². The van der Waals surface area contributed by atoms with Gasteiger partial charge in [-0.05, 0) is 24.5 Å². The second kappa shape index (κ2) is 7.46. The van der Waals surface area contributed by atoms with E-state index in [1.807, 2.05) is 0 Å². The molecular weight excluding hydrogens is 256 g/mol. The molecule has 0 radical (unpaired) electrons. The van der Waals surface area contributed by atoms with Crippen molar-refractivity contribution in [2.75, 3.05) is 27.4 Å². The highest BCUT2D eigenvalue weighted by atomic mass is 35.5. The number of methoxy groups -OCH3 is 2. The van der Waals surface area contributed by atoms with E-state index in [0.29, 0.717) is 29.4 Å². The van der Waals surface area contributed by atoms with E-state index in [4.69, 9.17) is 31.3 Å². The van der Waals surface area contributed by atoms with E-state index < -0.39 is 0 Å². The lowest BCUT2D eigenvalue weighted by molar-refractivity contribution is 0.144. The Balaban J connectivity index is 2.84. The van der Waals surface area contributed by atoms with Crippen LogP contribution in [0.3, 0.4) is 0 Å². The van der Waals surface area contributed by atoms with Crippen LogP contribution in [0.5, 0.6) is 11.5 Å². The van der Waals surface area contributed by atoms with Crippen molar-refractivity contribution >= 4 is 11.6 Å². The van der Waals surface area contributed by atoms with Gasteiger partial charge in [0.05, 0.1) is 19.2 Å². The fourth-order valence-corrected chi connectivity index (χ4v) is 1.98. The van der Waals surface area contributed by atoms with Crippen LogP contribution in [-0.4, -0.2) is 37.6 Å². The van der Waals surface area contributed by atoms with Gasteiger partial charge in [0.2, 0.25) is 0 Å². The van der Waals surface area contributed by atoms with Gasteiger partial charge in [-0.3, -0.25) is 0 Å². The summed E-state index contributed by atoms with van der Waals surface area (Å²) in [6, 6.07) is 3.54. The standard InChI is InChI=1S/C13H19ClO4/c1-17-12-6-13(18-2)11(14)5-10(12)4-3-9(7-15)8-16/h5-6,9,15-16H,3-4,7-8H2,1-2H3. The number of hydrogen-bond acceptors (Lipinski definition) is 4. The number of aliphatic hydroxyl groups is 2. The summed E-state index contributed by atoms with van der Waals surface area (Å²) >= 11 is 6.06. The molecule has 0 unspecified atom stereocenters. The van der Waals surface area contributed by atoms with Gasteiger partial charge in [0.25, 0.3) is 0 Å². The molecule has 1 aromatic carbocycles. The van der Waals surface area contributed by atoms with Gasteiger partial charge in [0, 0.05) is 25.2 Å². The van der Waals surface area contributed by atoms with Crippen molar-refractivity contribution in [1.82, 2.24) is 0 Å². The third-order valence-electron chi connectivity index (χ3n) is 2.89. The first-order chi connectivity index (χ1) is 8.65. The first kappa shape index (κ1) is 15.1. The van der Waals surface area contributed by atoms with E-state index in [9.17, 15) is 0 Å². The Hall–Kier alpha value is -0.970. The van der Waals surface area contributed by atoms with Gasteiger partial charge in [0.1, 0.15) is 11.5 Å². The maximum absolute atomic E-state index is 9.03. The van der Waals surface area contributed by atoms with Crippen molar-refractivity contribution in [3.63, 3.8) is 0 Å². The van der Waals surface area contributed by atoms with Crippen LogP contribution >= 0.6 is 11.6 Å². The SMILES string of the molecule is COc1cc(OC)c(CCC(CO)CO)cc1Cl. The topological polar surface area (TPSA) is 58.9 Å². The zero-order valence-corrected chi connectivity index (χ0v) is 11.4. The van der Waals surface area contributed by atoms with E-state index >= 15 is 0 Å². The molecule has 0 aromatic heterocycles. The van der Waals surface area contributed by atoms with Crippen molar-refractivity contribution in [3.05, 3.63) is 22.7 Å². The predicted octanol–water partition coefficient (Wildman–Crippen LogP) is 1.89. The summed E-state index contributed by atoms with van der Waals surface area (Å²) in [6.45, 7) is -0.0502. The smallest absolute Gasteiger partial charge is 0.141 e. The van der Waals surface area contributed by atoms with Crippen LogP contribution in [0, 0.1) is 5.92 Å². The molecule has 0 fully saturated rings. The van der Waals surface area contributed by atoms with Crippen molar-refractivity contribution in [3.8, 4) is 11.5 Å². The van der Waals surface area contributed by atoms with Gasteiger partial charge in [0.15, 0.2) is 0 Å². The fourth-order valence-electron chi connectivity index (χ4n) is 1.72. The molecule has 0 saturated heterocycles. The van der Waals surface area contributed by atoms with E-state index in [1.165, 1.54) is 0 Å². The predicted molar refractivity (Wildman–Crippen MR) is 70.5 cm³/mol. The quantitative estimate of drug-likeness (QED) is 0.797. The van der Waals surface area contributed by atoms with Crippen LogP contribution in [0.4, 0.5) is 0 Å². The summed E-state index contributed by atoms with van der Waals surface area (Å²) in [6.07, 6.45) is 1.35. The average Bonchev–Trinajstić information content (AvgIpc) is 2.40. The van der Waals surface area contributed by atoms with Crippen LogP contribution < -0.4 is 9.47 Å². The Kier molecular flexibility index (Phi) is 6.25. The molecule has 1 rings (SSSR count). The van der Waals surface area contributed by atoms with Crippen molar-refractivity contribution in [2.45, 2.75) is 12.8 Å². The molecule has 0 saturated carbocycles. The minimum Gasteiger partial charge on any atom is -0.496 e. The van der Waals surface area contributed by atoms with E-state index in [-0.39, 0.29) is 19.1 Å². The molecule has 0 heterocycles. The fraction of sp³-hybridized carbons (Fsp3) is 0.538. The Morgan fingerprint density at radius 2 is 1.72 bits per heavy atom. The van der Waals surface area contributed by atoms with E-state index in [1.54, 1.807) is 26.4 Å². The first-order valence-electron chi connectivity index (χ1n) is 5.78. The molecule has 0 amide bonds. The number of benzene rings is 1. The molecule has 0 bridgehead atoms. The van der Waals surface area contributed by atoms with Gasteiger partial charge in [-0.15, -0.1) is 0 Å². The van der Waals surface area contributed by atoms with Gasteiger partial charge in [-0.2, -0.15) is 0 Å².